The van der Waals surface area contributed by atoms with Gasteiger partial charge in [0.1, 0.15) is 18.1 Å². The molecule has 1 saturated heterocycles. The molecule has 1 aromatic carbocycles. The number of aliphatic carboxylic acids is 2. The van der Waals surface area contributed by atoms with Gasteiger partial charge in [0.2, 0.25) is 23.6 Å². The Labute approximate surface area is 207 Å². The van der Waals surface area contributed by atoms with Crippen molar-refractivity contribution in [3.05, 3.63) is 35.9 Å². The van der Waals surface area contributed by atoms with E-state index in [4.69, 9.17) is 16.6 Å². The van der Waals surface area contributed by atoms with Crippen molar-refractivity contribution in [2.75, 3.05) is 6.54 Å². The molecule has 0 bridgehead atoms. The second kappa shape index (κ2) is 13.2. The quantitative estimate of drug-likeness (QED) is 0.180. The number of primary amides is 1. The molecule has 1 aromatic rings. The number of carboxylic acids is 2. The van der Waals surface area contributed by atoms with Crippen LogP contribution >= 0.6 is 0 Å². The highest BCUT2D eigenvalue weighted by atomic mass is 16.4. The van der Waals surface area contributed by atoms with Gasteiger partial charge >= 0.3 is 11.9 Å². The Bertz CT molecular complexity index is 986. The largest absolute Gasteiger partial charge is 0.481 e. The van der Waals surface area contributed by atoms with Crippen LogP contribution in [0.3, 0.4) is 0 Å². The highest BCUT2D eigenvalue weighted by Gasteiger charge is 2.39. The molecule has 1 fully saturated rings. The van der Waals surface area contributed by atoms with Crippen LogP contribution in [-0.2, 0) is 35.2 Å². The minimum atomic E-state index is -1.56. The van der Waals surface area contributed by atoms with E-state index in [1.165, 1.54) is 4.90 Å². The minimum Gasteiger partial charge on any atom is -0.481 e. The van der Waals surface area contributed by atoms with Crippen LogP contribution in [0.4, 0.5) is 0 Å². The number of carboxylic acid groups (broad SMARTS) is 2. The Morgan fingerprint density at radius 2 is 1.69 bits per heavy atom. The first-order valence-electron chi connectivity index (χ1n) is 11.4. The van der Waals surface area contributed by atoms with Gasteiger partial charge in [-0.2, -0.15) is 0 Å². The van der Waals surface area contributed by atoms with Gasteiger partial charge < -0.3 is 37.2 Å². The van der Waals surface area contributed by atoms with Gasteiger partial charge in [-0.25, -0.2) is 4.79 Å². The number of carbonyl (C=O) groups excluding carboxylic acids is 4. The lowest BCUT2D eigenvalue weighted by Gasteiger charge is -2.29. The zero-order valence-corrected chi connectivity index (χ0v) is 19.6. The molecule has 36 heavy (non-hydrogen) atoms. The maximum absolute atomic E-state index is 13.3. The van der Waals surface area contributed by atoms with Crippen LogP contribution < -0.4 is 22.1 Å². The van der Waals surface area contributed by atoms with Crippen LogP contribution in [-0.4, -0.2) is 81.4 Å². The van der Waals surface area contributed by atoms with E-state index in [1.807, 2.05) is 6.07 Å². The van der Waals surface area contributed by atoms with E-state index in [0.717, 1.165) is 5.56 Å². The third-order valence-electron chi connectivity index (χ3n) is 5.76. The number of nitrogens with one attached hydrogen (secondary N) is 2. The van der Waals surface area contributed by atoms with E-state index >= 15 is 0 Å². The zero-order chi connectivity index (χ0) is 26.8. The van der Waals surface area contributed by atoms with Gasteiger partial charge in [0.15, 0.2) is 0 Å². The second-order valence-corrected chi connectivity index (χ2v) is 8.55. The molecule has 4 atom stereocenters. The van der Waals surface area contributed by atoms with E-state index in [2.05, 4.69) is 10.6 Å². The van der Waals surface area contributed by atoms with E-state index in [1.54, 1.807) is 24.3 Å². The van der Waals surface area contributed by atoms with Crippen molar-refractivity contribution in [3.63, 3.8) is 0 Å². The Morgan fingerprint density at radius 1 is 1.03 bits per heavy atom. The van der Waals surface area contributed by atoms with Crippen molar-refractivity contribution in [1.82, 2.24) is 15.5 Å². The highest BCUT2D eigenvalue weighted by Crippen LogP contribution is 2.20. The third kappa shape index (κ3) is 8.34. The fraction of sp³-hybridized carbons (Fsp3) is 0.478. The number of hydrogen-bond acceptors (Lipinski definition) is 7. The Morgan fingerprint density at radius 3 is 2.28 bits per heavy atom. The number of benzene rings is 1. The summed E-state index contributed by atoms with van der Waals surface area (Å²) in [4.78, 5) is 73.6. The number of nitrogens with two attached hydrogens (primary N) is 2. The van der Waals surface area contributed by atoms with Crippen LogP contribution in [0, 0.1) is 0 Å². The maximum Gasteiger partial charge on any atom is 0.326 e. The van der Waals surface area contributed by atoms with Crippen molar-refractivity contribution >= 4 is 35.6 Å². The molecule has 4 amide bonds. The number of nitrogens with zero attached hydrogens (tertiary/aromatic N) is 1. The third-order valence-corrected chi connectivity index (χ3v) is 5.76. The summed E-state index contributed by atoms with van der Waals surface area (Å²) in [5.74, 6) is -5.70. The summed E-state index contributed by atoms with van der Waals surface area (Å²) in [7, 11) is 0. The molecule has 1 aliphatic rings. The molecule has 13 nitrogen and oxygen atoms in total. The molecule has 0 saturated carbocycles. The maximum atomic E-state index is 13.3. The summed E-state index contributed by atoms with van der Waals surface area (Å²) in [5.41, 5.74) is 11.8. The summed E-state index contributed by atoms with van der Waals surface area (Å²) in [6.45, 7) is 0.139. The highest BCUT2D eigenvalue weighted by molar-refractivity contribution is 5.95. The minimum absolute atomic E-state index is 0.139. The van der Waals surface area contributed by atoms with Crippen LogP contribution in [0.15, 0.2) is 30.3 Å². The standard InChI is InChI=1S/C23H31N5O8/c24-14(11-13-5-2-1-3-6-13)20(32)26-15(8-9-19(30)31)22(34)28-10-4-7-17(28)21(33)27-16(23(35)36)12-18(25)29/h1-3,5-6,14-17H,4,7-12,24H2,(H2,25,29)(H,26,32)(H,27,33)(H,30,31)(H,35,36). The van der Waals surface area contributed by atoms with E-state index in [0.29, 0.717) is 6.42 Å². The zero-order valence-electron chi connectivity index (χ0n) is 19.6. The predicted molar refractivity (Wildman–Crippen MR) is 125 cm³/mol. The molecule has 2 rings (SSSR count). The van der Waals surface area contributed by atoms with Crippen molar-refractivity contribution in [1.29, 1.82) is 0 Å². The fourth-order valence-corrected chi connectivity index (χ4v) is 3.94. The van der Waals surface area contributed by atoms with Gasteiger partial charge in [-0.1, -0.05) is 30.3 Å². The number of likely N-dealkylation sites (tertiary alicyclic amines) is 1. The van der Waals surface area contributed by atoms with E-state index in [-0.39, 0.29) is 25.8 Å². The first-order chi connectivity index (χ1) is 17.0. The van der Waals surface area contributed by atoms with Crippen LogP contribution in [0.1, 0.15) is 37.7 Å². The molecular weight excluding hydrogens is 474 g/mol. The monoisotopic (exact) mass is 505 g/mol. The number of rotatable bonds is 13. The SMILES string of the molecule is NC(=O)CC(NC(=O)C1CCCN1C(=O)C(CCC(=O)O)NC(=O)C(N)Cc1ccccc1)C(=O)O. The van der Waals surface area contributed by atoms with E-state index < -0.39 is 72.6 Å². The van der Waals surface area contributed by atoms with Crippen molar-refractivity contribution in [2.45, 2.75) is 62.7 Å². The first kappa shape index (κ1) is 28.2. The van der Waals surface area contributed by atoms with Crippen molar-refractivity contribution < 1.29 is 39.0 Å². The summed E-state index contributed by atoms with van der Waals surface area (Å²) < 4.78 is 0. The number of amides is 4. The lowest BCUT2D eigenvalue weighted by Crippen LogP contribution is -2.57. The molecule has 0 aliphatic carbocycles. The second-order valence-electron chi connectivity index (χ2n) is 8.55. The Kier molecular flexibility index (Phi) is 10.3. The average Bonchev–Trinajstić information content (AvgIpc) is 3.31. The summed E-state index contributed by atoms with van der Waals surface area (Å²) in [5, 5.41) is 23.1. The van der Waals surface area contributed by atoms with Gasteiger partial charge in [-0.3, -0.25) is 24.0 Å². The number of hydrogen-bond donors (Lipinski definition) is 6. The Hall–Kier alpha value is -4.00. The van der Waals surface area contributed by atoms with Gasteiger partial charge in [0.05, 0.1) is 12.5 Å². The molecule has 0 aromatic heterocycles. The fourth-order valence-electron chi connectivity index (χ4n) is 3.94. The van der Waals surface area contributed by atoms with Gasteiger partial charge in [-0.05, 0) is 31.2 Å². The van der Waals surface area contributed by atoms with E-state index in [9.17, 15) is 33.9 Å². The predicted octanol–water partition coefficient (Wildman–Crippen LogP) is -1.66. The lowest BCUT2D eigenvalue weighted by molar-refractivity contribution is -0.146. The molecule has 196 valence electrons. The summed E-state index contributed by atoms with van der Waals surface area (Å²) in [6, 6.07) is 4.07. The molecule has 13 heteroatoms. The molecule has 1 heterocycles. The normalized spacial score (nSPS) is 17.5. The van der Waals surface area contributed by atoms with Gasteiger partial charge in [-0.15, -0.1) is 0 Å². The summed E-state index contributed by atoms with van der Waals surface area (Å²) in [6.07, 6.45) is -0.453. The molecule has 0 radical (unpaired) electrons. The molecule has 0 spiro atoms. The number of carbonyl (C=O) groups is 6. The van der Waals surface area contributed by atoms with Crippen molar-refractivity contribution in [2.24, 2.45) is 11.5 Å². The first-order valence-corrected chi connectivity index (χ1v) is 11.4. The molecule has 8 N–H and O–H groups in total. The Balaban J connectivity index is 2.13. The topological polar surface area (TPSA) is 222 Å². The lowest BCUT2D eigenvalue weighted by atomic mass is 10.0. The smallest absolute Gasteiger partial charge is 0.326 e. The van der Waals surface area contributed by atoms with Gasteiger partial charge in [0.25, 0.3) is 0 Å². The van der Waals surface area contributed by atoms with Crippen LogP contribution in [0.2, 0.25) is 0 Å². The molecular formula is C23H31N5O8. The molecule has 1 aliphatic heterocycles. The average molecular weight is 506 g/mol. The van der Waals surface area contributed by atoms with Crippen molar-refractivity contribution in [3.8, 4) is 0 Å². The van der Waals surface area contributed by atoms with Gasteiger partial charge in [0, 0.05) is 13.0 Å². The van der Waals surface area contributed by atoms with Crippen LogP contribution in [0.25, 0.3) is 0 Å². The molecule has 4 unspecified atom stereocenters. The summed E-state index contributed by atoms with van der Waals surface area (Å²) >= 11 is 0. The van der Waals surface area contributed by atoms with Crippen LogP contribution in [0.5, 0.6) is 0 Å².